The minimum Gasteiger partial charge on any atom is -0.494 e. The Morgan fingerprint density at radius 1 is 1.40 bits per heavy atom. The predicted molar refractivity (Wildman–Crippen MR) is 58.9 cm³/mol. The number of nitrogen functional groups attached to an aromatic ring is 1. The number of aromatic nitrogens is 2. The number of para-hydroxylation sites is 1. The van der Waals surface area contributed by atoms with Crippen molar-refractivity contribution < 1.29 is 4.74 Å². The van der Waals surface area contributed by atoms with Crippen molar-refractivity contribution in [3.63, 3.8) is 0 Å². The number of hydrogen-bond donors (Lipinski definition) is 2. The summed E-state index contributed by atoms with van der Waals surface area (Å²) in [6, 6.07) is 5.43. The fourth-order valence-electron chi connectivity index (χ4n) is 1.29. The number of rotatable bonds is 2. The van der Waals surface area contributed by atoms with Crippen LogP contribution in [0.25, 0.3) is 11.0 Å². The second-order valence-electron chi connectivity index (χ2n) is 2.84. The highest BCUT2D eigenvalue weighted by molar-refractivity contribution is 6.32. The molecule has 2 aromatic rings. The summed E-state index contributed by atoms with van der Waals surface area (Å²) in [7, 11) is 1.57. The van der Waals surface area contributed by atoms with Crippen LogP contribution in [0.5, 0.6) is 5.75 Å². The molecule has 0 saturated heterocycles. The molecule has 0 radical (unpaired) electrons. The van der Waals surface area contributed by atoms with Crippen molar-refractivity contribution >= 4 is 28.5 Å². The SMILES string of the molecule is COc1cccc2nc(NN)c(Cl)nc12. The van der Waals surface area contributed by atoms with Crippen LogP contribution in [-0.2, 0) is 0 Å². The number of nitrogens with one attached hydrogen (secondary N) is 1. The number of nitrogens with zero attached hydrogens (tertiary/aromatic N) is 2. The van der Waals surface area contributed by atoms with Crippen LogP contribution in [0.3, 0.4) is 0 Å². The van der Waals surface area contributed by atoms with E-state index in [0.717, 1.165) is 0 Å². The van der Waals surface area contributed by atoms with Crippen LogP contribution >= 0.6 is 11.6 Å². The molecule has 78 valence electrons. The Hall–Kier alpha value is -1.59. The quantitative estimate of drug-likeness (QED) is 0.599. The second-order valence-corrected chi connectivity index (χ2v) is 3.19. The lowest BCUT2D eigenvalue weighted by Crippen LogP contribution is -2.10. The molecule has 1 aromatic carbocycles. The highest BCUT2D eigenvalue weighted by atomic mass is 35.5. The average molecular weight is 225 g/mol. The zero-order valence-electron chi connectivity index (χ0n) is 7.99. The van der Waals surface area contributed by atoms with E-state index >= 15 is 0 Å². The van der Waals surface area contributed by atoms with Crippen LogP contribution in [0.15, 0.2) is 18.2 Å². The number of fused-ring (bicyclic) bond motifs is 1. The first kappa shape index (κ1) is 9.95. The number of nitrogens with two attached hydrogens (primary N) is 1. The van der Waals surface area contributed by atoms with Gasteiger partial charge in [0.1, 0.15) is 11.3 Å². The molecule has 15 heavy (non-hydrogen) atoms. The van der Waals surface area contributed by atoms with Crippen LogP contribution in [0.1, 0.15) is 0 Å². The monoisotopic (exact) mass is 224 g/mol. The van der Waals surface area contributed by atoms with Crippen molar-refractivity contribution in [2.45, 2.75) is 0 Å². The summed E-state index contributed by atoms with van der Waals surface area (Å²) in [5, 5.41) is 0.217. The van der Waals surface area contributed by atoms with Crippen molar-refractivity contribution in [1.82, 2.24) is 9.97 Å². The van der Waals surface area contributed by atoms with Gasteiger partial charge in [0.05, 0.1) is 12.6 Å². The molecule has 5 nitrogen and oxygen atoms in total. The summed E-state index contributed by atoms with van der Waals surface area (Å²) >= 11 is 5.86. The molecule has 1 heterocycles. The van der Waals surface area contributed by atoms with Crippen molar-refractivity contribution in [3.05, 3.63) is 23.4 Å². The maximum Gasteiger partial charge on any atom is 0.178 e. The van der Waals surface area contributed by atoms with Gasteiger partial charge in [0.2, 0.25) is 0 Å². The Balaban J connectivity index is 2.74. The van der Waals surface area contributed by atoms with Crippen LogP contribution in [-0.4, -0.2) is 17.1 Å². The first-order chi connectivity index (χ1) is 7.26. The molecular weight excluding hydrogens is 216 g/mol. The molecule has 0 aliphatic heterocycles. The van der Waals surface area contributed by atoms with E-state index in [1.165, 1.54) is 0 Å². The molecule has 1 aromatic heterocycles. The molecule has 0 aliphatic rings. The van der Waals surface area contributed by atoms with Crippen molar-refractivity contribution in [2.75, 3.05) is 12.5 Å². The van der Waals surface area contributed by atoms with Crippen molar-refractivity contribution in [1.29, 1.82) is 0 Å². The Kier molecular flexibility index (Phi) is 2.57. The van der Waals surface area contributed by atoms with Gasteiger partial charge in [0.25, 0.3) is 0 Å². The van der Waals surface area contributed by atoms with Gasteiger partial charge in [0.15, 0.2) is 11.0 Å². The van der Waals surface area contributed by atoms with Crippen molar-refractivity contribution in [3.8, 4) is 5.75 Å². The van der Waals surface area contributed by atoms with Gasteiger partial charge >= 0.3 is 0 Å². The summed E-state index contributed by atoms with van der Waals surface area (Å²) in [6.07, 6.45) is 0. The molecule has 0 bridgehead atoms. The van der Waals surface area contributed by atoms with E-state index in [1.54, 1.807) is 13.2 Å². The van der Waals surface area contributed by atoms with Crippen molar-refractivity contribution in [2.24, 2.45) is 5.84 Å². The maximum atomic E-state index is 5.86. The molecule has 0 aliphatic carbocycles. The number of hydrazine groups is 1. The Morgan fingerprint density at radius 3 is 2.87 bits per heavy atom. The van der Waals surface area contributed by atoms with Gasteiger partial charge in [-0.15, -0.1) is 0 Å². The lowest BCUT2D eigenvalue weighted by Gasteiger charge is -2.06. The summed E-state index contributed by atoms with van der Waals surface area (Å²) in [4.78, 5) is 8.34. The zero-order valence-corrected chi connectivity index (χ0v) is 8.75. The third-order valence-corrected chi connectivity index (χ3v) is 2.24. The fraction of sp³-hybridized carbons (Fsp3) is 0.111. The molecular formula is C9H9ClN4O. The molecule has 0 amide bonds. The van der Waals surface area contributed by atoms with Crippen LogP contribution in [0, 0.1) is 0 Å². The molecule has 0 fully saturated rings. The van der Waals surface area contributed by atoms with Crippen LogP contribution in [0.4, 0.5) is 5.82 Å². The molecule has 0 spiro atoms. The number of halogens is 1. The number of ether oxygens (including phenoxy) is 1. The van der Waals surface area contributed by atoms with Crippen LogP contribution in [0.2, 0.25) is 5.15 Å². The average Bonchev–Trinajstić information content (AvgIpc) is 2.27. The third kappa shape index (κ3) is 1.67. The molecule has 0 atom stereocenters. The van der Waals surface area contributed by atoms with E-state index in [4.69, 9.17) is 22.2 Å². The van der Waals surface area contributed by atoms with Gasteiger partial charge in [-0.25, -0.2) is 15.8 Å². The minimum absolute atomic E-state index is 0.217. The lowest BCUT2D eigenvalue weighted by atomic mass is 10.3. The first-order valence-corrected chi connectivity index (χ1v) is 4.61. The zero-order chi connectivity index (χ0) is 10.8. The van der Waals surface area contributed by atoms with Gasteiger partial charge in [-0.2, -0.15) is 0 Å². The summed E-state index contributed by atoms with van der Waals surface area (Å²) in [6.45, 7) is 0. The number of anilines is 1. The normalized spacial score (nSPS) is 10.3. The topological polar surface area (TPSA) is 73.1 Å². The summed E-state index contributed by atoms with van der Waals surface area (Å²) in [5.41, 5.74) is 3.67. The van der Waals surface area contributed by atoms with E-state index in [-0.39, 0.29) is 5.15 Å². The van der Waals surface area contributed by atoms with Gasteiger partial charge in [-0.1, -0.05) is 17.7 Å². The largest absolute Gasteiger partial charge is 0.494 e. The molecule has 0 saturated carbocycles. The first-order valence-electron chi connectivity index (χ1n) is 4.23. The summed E-state index contributed by atoms with van der Waals surface area (Å²) in [5.74, 6) is 6.22. The van der Waals surface area contributed by atoms with E-state index in [2.05, 4.69) is 15.4 Å². The van der Waals surface area contributed by atoms with Gasteiger partial charge in [-0.05, 0) is 12.1 Å². The number of methoxy groups -OCH3 is 1. The van der Waals surface area contributed by atoms with Gasteiger partial charge < -0.3 is 10.2 Å². The summed E-state index contributed by atoms with van der Waals surface area (Å²) < 4.78 is 5.14. The minimum atomic E-state index is 0.217. The Labute approximate surface area is 91.2 Å². The molecule has 2 rings (SSSR count). The fourth-order valence-corrected chi connectivity index (χ4v) is 1.47. The second kappa shape index (κ2) is 3.88. The maximum absolute atomic E-state index is 5.86. The molecule has 6 heteroatoms. The Morgan fingerprint density at radius 2 is 2.20 bits per heavy atom. The van der Waals surface area contributed by atoms with E-state index < -0.39 is 0 Å². The highest BCUT2D eigenvalue weighted by Crippen LogP contribution is 2.26. The van der Waals surface area contributed by atoms with Gasteiger partial charge in [-0.3, -0.25) is 0 Å². The van der Waals surface area contributed by atoms with Gasteiger partial charge in [0, 0.05) is 0 Å². The van der Waals surface area contributed by atoms with E-state index in [1.807, 2.05) is 12.1 Å². The molecule has 3 N–H and O–H groups in total. The standard InChI is InChI=1S/C9H9ClN4O/c1-15-6-4-2-3-5-7(6)13-8(10)9(12-5)14-11/h2-4H,11H2,1H3,(H,12,14). The number of benzene rings is 1. The predicted octanol–water partition coefficient (Wildman–Crippen LogP) is 1.58. The van der Waals surface area contributed by atoms with E-state index in [9.17, 15) is 0 Å². The number of hydrogen-bond acceptors (Lipinski definition) is 5. The van der Waals surface area contributed by atoms with Crippen LogP contribution < -0.4 is 16.0 Å². The molecule has 0 unspecified atom stereocenters. The highest BCUT2D eigenvalue weighted by Gasteiger charge is 2.08. The smallest absolute Gasteiger partial charge is 0.178 e. The third-order valence-electron chi connectivity index (χ3n) is 1.97. The Bertz CT molecular complexity index is 503. The van der Waals surface area contributed by atoms with E-state index in [0.29, 0.717) is 22.6 Å². The lowest BCUT2D eigenvalue weighted by molar-refractivity contribution is 0.419.